The molecule has 0 aromatic heterocycles. The van der Waals surface area contributed by atoms with Crippen LogP contribution in [0.25, 0.3) is 0 Å². The van der Waals surface area contributed by atoms with Crippen molar-refractivity contribution in [2.45, 2.75) is 17.7 Å². The van der Waals surface area contributed by atoms with Gasteiger partial charge >= 0.3 is 6.03 Å². The minimum absolute atomic E-state index is 0.0314. The highest BCUT2D eigenvalue weighted by molar-refractivity contribution is 9.10. The van der Waals surface area contributed by atoms with Crippen molar-refractivity contribution in [3.8, 4) is 0 Å². The quantitative estimate of drug-likeness (QED) is 0.737. The van der Waals surface area contributed by atoms with Crippen LogP contribution >= 0.6 is 15.9 Å². The van der Waals surface area contributed by atoms with Crippen molar-refractivity contribution < 1.29 is 4.79 Å². The Hall–Kier alpha value is -0.580. The lowest BCUT2D eigenvalue weighted by molar-refractivity contribution is 0.205. The number of carbonyl (C=O) groups is 1. The van der Waals surface area contributed by atoms with Crippen LogP contribution in [0, 0.1) is 5.92 Å². The number of nitrogens with two attached hydrogens (primary N) is 1. The second-order valence-electron chi connectivity index (χ2n) is 3.64. The molecule has 1 aliphatic heterocycles. The van der Waals surface area contributed by atoms with Crippen LogP contribution in [0.15, 0.2) is 4.99 Å². The summed E-state index contributed by atoms with van der Waals surface area (Å²) in [5.41, 5.74) is 5.53. The molecule has 13 heavy (non-hydrogen) atoms. The fourth-order valence-electron chi connectivity index (χ4n) is 1.38. The van der Waals surface area contributed by atoms with E-state index in [1.165, 1.54) is 12.8 Å². The number of amides is 2. The number of hydrogen-bond donors (Lipinski definition) is 1. The Morgan fingerprint density at radius 3 is 2.92 bits per heavy atom. The molecule has 1 aliphatic carbocycles. The van der Waals surface area contributed by atoms with E-state index in [9.17, 15) is 4.79 Å². The Balaban J connectivity index is 2.00. The number of hydrogen-bond acceptors (Lipinski definition) is 2. The normalized spacial score (nSPS) is 29.0. The number of rotatable bonds is 2. The summed E-state index contributed by atoms with van der Waals surface area (Å²) in [6.45, 7) is 1.50. The highest BCUT2D eigenvalue weighted by atomic mass is 79.9. The molecule has 0 radical (unpaired) electrons. The molecule has 0 aromatic carbocycles. The lowest BCUT2D eigenvalue weighted by atomic mass is 10.3. The van der Waals surface area contributed by atoms with Crippen molar-refractivity contribution in [3.05, 3.63) is 0 Å². The molecule has 0 spiro atoms. The SMILES string of the molecule is NC1=NC(=O)N(CC2CC2)CC1Br. The molecule has 2 amide bonds. The minimum atomic E-state index is -0.180. The van der Waals surface area contributed by atoms with Crippen molar-refractivity contribution in [2.75, 3.05) is 13.1 Å². The van der Waals surface area contributed by atoms with Crippen LogP contribution in [0.1, 0.15) is 12.8 Å². The van der Waals surface area contributed by atoms with Gasteiger partial charge in [0.05, 0.1) is 4.83 Å². The molecule has 0 aromatic rings. The van der Waals surface area contributed by atoms with Crippen LogP contribution in [-0.2, 0) is 0 Å². The summed E-state index contributed by atoms with van der Waals surface area (Å²) in [4.78, 5) is 16.9. The molecule has 2 aliphatic rings. The number of halogens is 1. The van der Waals surface area contributed by atoms with Crippen LogP contribution in [-0.4, -0.2) is 34.7 Å². The summed E-state index contributed by atoms with van der Waals surface area (Å²) in [5.74, 6) is 1.11. The van der Waals surface area contributed by atoms with E-state index in [0.29, 0.717) is 18.3 Å². The van der Waals surface area contributed by atoms with Crippen molar-refractivity contribution in [1.29, 1.82) is 0 Å². The van der Waals surface area contributed by atoms with Gasteiger partial charge < -0.3 is 10.6 Å². The summed E-state index contributed by atoms with van der Waals surface area (Å²) in [6, 6.07) is -0.180. The van der Waals surface area contributed by atoms with E-state index in [-0.39, 0.29) is 10.9 Å². The Labute approximate surface area is 85.3 Å². The van der Waals surface area contributed by atoms with Crippen LogP contribution in [0.3, 0.4) is 0 Å². The first kappa shape index (κ1) is 8.99. The van der Waals surface area contributed by atoms with Crippen LogP contribution in [0.4, 0.5) is 4.79 Å². The summed E-state index contributed by atoms with van der Waals surface area (Å²) < 4.78 is 0. The Bertz CT molecular complexity index is 262. The van der Waals surface area contributed by atoms with Crippen molar-refractivity contribution in [1.82, 2.24) is 4.90 Å². The van der Waals surface area contributed by atoms with Gasteiger partial charge in [0, 0.05) is 13.1 Å². The van der Waals surface area contributed by atoms with Crippen molar-refractivity contribution >= 4 is 27.8 Å². The van der Waals surface area contributed by atoms with Gasteiger partial charge in [0.2, 0.25) is 0 Å². The van der Waals surface area contributed by atoms with Crippen LogP contribution in [0.5, 0.6) is 0 Å². The van der Waals surface area contributed by atoms with Gasteiger partial charge in [-0.3, -0.25) is 0 Å². The van der Waals surface area contributed by atoms with Gasteiger partial charge in [-0.1, -0.05) is 15.9 Å². The van der Waals surface area contributed by atoms with E-state index >= 15 is 0 Å². The zero-order valence-electron chi connectivity index (χ0n) is 7.24. The number of nitrogens with zero attached hydrogens (tertiary/aromatic N) is 2. The largest absolute Gasteiger partial charge is 0.386 e. The predicted molar refractivity (Wildman–Crippen MR) is 54.0 cm³/mol. The standard InChI is InChI=1S/C8H12BrN3O/c9-6-4-12(3-5-1-2-5)8(13)11-7(6)10/h5-6H,1-4H2,(H2,10,11,13). The monoisotopic (exact) mass is 245 g/mol. The summed E-state index contributed by atoms with van der Waals surface area (Å²) in [6.07, 6.45) is 2.49. The first-order valence-corrected chi connectivity index (χ1v) is 5.35. The molecule has 4 nitrogen and oxygen atoms in total. The van der Waals surface area contributed by atoms with Crippen molar-refractivity contribution in [3.63, 3.8) is 0 Å². The third kappa shape index (κ3) is 2.02. The second-order valence-corrected chi connectivity index (χ2v) is 4.74. The molecule has 72 valence electrons. The van der Waals surface area contributed by atoms with Gasteiger partial charge in [-0.15, -0.1) is 0 Å². The maximum absolute atomic E-state index is 11.4. The molecule has 2 rings (SSSR count). The number of urea groups is 1. The molecule has 5 heteroatoms. The third-order valence-electron chi connectivity index (χ3n) is 2.37. The van der Waals surface area contributed by atoms with Gasteiger partial charge in [-0.2, -0.15) is 4.99 Å². The molecule has 0 bridgehead atoms. The number of aliphatic imine (C=N–C) groups is 1. The fraction of sp³-hybridized carbons (Fsp3) is 0.750. The van der Waals surface area contributed by atoms with E-state index in [1.54, 1.807) is 4.90 Å². The van der Waals surface area contributed by atoms with Crippen LogP contribution in [0.2, 0.25) is 0 Å². The Morgan fingerprint density at radius 2 is 2.31 bits per heavy atom. The number of carbonyl (C=O) groups excluding carboxylic acids is 1. The molecule has 1 heterocycles. The van der Waals surface area contributed by atoms with Gasteiger partial charge in [0.25, 0.3) is 0 Å². The maximum Gasteiger partial charge on any atom is 0.345 e. The second kappa shape index (κ2) is 3.29. The molecule has 1 fully saturated rings. The molecule has 1 atom stereocenters. The summed E-state index contributed by atoms with van der Waals surface area (Å²) in [7, 11) is 0. The van der Waals surface area contributed by atoms with E-state index in [1.807, 2.05) is 0 Å². The maximum atomic E-state index is 11.4. The number of amidine groups is 1. The summed E-state index contributed by atoms with van der Waals surface area (Å²) in [5, 5.41) is 0. The first-order chi connectivity index (χ1) is 6.16. The number of alkyl halides is 1. The highest BCUT2D eigenvalue weighted by Gasteiger charge is 2.31. The van der Waals surface area contributed by atoms with E-state index in [4.69, 9.17) is 5.73 Å². The fourth-order valence-corrected chi connectivity index (χ4v) is 1.83. The molecule has 1 saturated carbocycles. The van der Waals surface area contributed by atoms with E-state index < -0.39 is 0 Å². The first-order valence-electron chi connectivity index (χ1n) is 4.44. The zero-order valence-corrected chi connectivity index (χ0v) is 8.83. The van der Waals surface area contributed by atoms with Crippen LogP contribution < -0.4 is 5.73 Å². The third-order valence-corrected chi connectivity index (χ3v) is 3.13. The average molecular weight is 246 g/mol. The Kier molecular flexibility index (Phi) is 2.27. The minimum Gasteiger partial charge on any atom is -0.386 e. The zero-order chi connectivity index (χ0) is 9.42. The van der Waals surface area contributed by atoms with Gasteiger partial charge in [-0.05, 0) is 18.8 Å². The smallest absolute Gasteiger partial charge is 0.345 e. The van der Waals surface area contributed by atoms with E-state index in [2.05, 4.69) is 20.9 Å². The lowest BCUT2D eigenvalue weighted by Crippen LogP contribution is -2.45. The highest BCUT2D eigenvalue weighted by Crippen LogP contribution is 2.30. The molecule has 1 unspecified atom stereocenters. The summed E-state index contributed by atoms with van der Waals surface area (Å²) >= 11 is 3.38. The molecular formula is C8H12BrN3O. The van der Waals surface area contributed by atoms with Gasteiger partial charge in [0.15, 0.2) is 0 Å². The predicted octanol–water partition coefficient (Wildman–Crippen LogP) is 0.953. The van der Waals surface area contributed by atoms with Gasteiger partial charge in [0.1, 0.15) is 5.84 Å². The molecule has 2 N–H and O–H groups in total. The van der Waals surface area contributed by atoms with Crippen molar-refractivity contribution in [2.24, 2.45) is 16.6 Å². The molecule has 0 saturated heterocycles. The molecular weight excluding hydrogens is 234 g/mol. The average Bonchev–Trinajstić information content (AvgIpc) is 2.84. The lowest BCUT2D eigenvalue weighted by Gasteiger charge is -2.27. The topological polar surface area (TPSA) is 58.7 Å². The van der Waals surface area contributed by atoms with E-state index in [0.717, 1.165) is 6.54 Å². The Morgan fingerprint density at radius 1 is 1.62 bits per heavy atom. The van der Waals surface area contributed by atoms with Gasteiger partial charge in [-0.25, -0.2) is 4.79 Å².